The Labute approximate surface area is 218 Å². The Hall–Kier alpha value is -4.80. The summed E-state index contributed by atoms with van der Waals surface area (Å²) in [4.78, 5) is 15.9. The molecule has 3 aromatic carbocycles. The molecule has 0 saturated heterocycles. The van der Waals surface area contributed by atoms with Gasteiger partial charge in [0.25, 0.3) is 5.56 Å². The van der Waals surface area contributed by atoms with Crippen LogP contribution in [-0.2, 0) is 0 Å². The molecule has 0 aliphatic carbocycles. The first-order chi connectivity index (χ1) is 18.0. The van der Waals surface area contributed by atoms with E-state index < -0.39 is 5.56 Å². The Morgan fingerprint density at radius 1 is 0.892 bits per heavy atom. The van der Waals surface area contributed by atoms with Gasteiger partial charge < -0.3 is 14.5 Å². The summed E-state index contributed by atoms with van der Waals surface area (Å²) in [5.41, 5.74) is 4.22. The first-order valence-electron chi connectivity index (χ1n) is 11.3. The van der Waals surface area contributed by atoms with Gasteiger partial charge in [0.05, 0.1) is 25.6 Å². The second kappa shape index (κ2) is 10.1. The van der Waals surface area contributed by atoms with Crippen LogP contribution in [0.3, 0.4) is 0 Å². The molecule has 5 rings (SSSR count). The number of aromatic amines is 1. The number of aromatic nitrogens is 3. The molecule has 0 radical (unpaired) electrons. The van der Waals surface area contributed by atoms with Crippen LogP contribution in [0.1, 0.15) is 5.56 Å². The summed E-state index contributed by atoms with van der Waals surface area (Å²) in [7, 11) is 3.19. The van der Waals surface area contributed by atoms with E-state index in [0.717, 1.165) is 16.8 Å². The number of halogens is 1. The van der Waals surface area contributed by atoms with E-state index in [4.69, 9.17) is 26.2 Å². The Bertz CT molecular complexity index is 1680. The number of nitriles is 1. The topological polar surface area (TPSA) is 92.9 Å². The highest BCUT2D eigenvalue weighted by atomic mass is 35.5. The number of ether oxygens (including phenoxy) is 2. The standard InChI is InChI=1S/C29H21ClN4O3/c1-36-22-10-6-18(7-11-22)24-15-27(32-29(35)25(24)16-31)26-17-34(21-5-3-4-20(30)14-21)33-28(26)19-8-12-23(37-2)13-9-19/h3-15,17H,1-2H3,(H,32,35). The molecule has 5 aromatic rings. The van der Waals surface area contributed by atoms with E-state index in [9.17, 15) is 10.1 Å². The van der Waals surface area contributed by atoms with Crippen LogP contribution >= 0.6 is 11.6 Å². The molecule has 2 heterocycles. The molecule has 37 heavy (non-hydrogen) atoms. The van der Waals surface area contributed by atoms with Crippen LogP contribution in [0.4, 0.5) is 0 Å². The Morgan fingerprint density at radius 2 is 1.54 bits per heavy atom. The summed E-state index contributed by atoms with van der Waals surface area (Å²) in [5, 5.41) is 15.2. The van der Waals surface area contributed by atoms with Crippen LogP contribution in [0.2, 0.25) is 5.02 Å². The van der Waals surface area contributed by atoms with Gasteiger partial charge in [-0.3, -0.25) is 4.79 Å². The van der Waals surface area contributed by atoms with Crippen LogP contribution in [-0.4, -0.2) is 29.0 Å². The Morgan fingerprint density at radius 3 is 2.14 bits per heavy atom. The summed E-state index contributed by atoms with van der Waals surface area (Å²) in [6.45, 7) is 0. The van der Waals surface area contributed by atoms with Crippen LogP contribution in [0.25, 0.3) is 39.3 Å². The van der Waals surface area contributed by atoms with E-state index in [2.05, 4.69) is 4.98 Å². The zero-order valence-corrected chi connectivity index (χ0v) is 20.8. The Balaban J connectivity index is 1.73. The number of H-pyrrole nitrogens is 1. The molecule has 1 N–H and O–H groups in total. The monoisotopic (exact) mass is 508 g/mol. The van der Waals surface area contributed by atoms with Gasteiger partial charge in [-0.2, -0.15) is 10.4 Å². The molecule has 0 aliphatic heterocycles. The molecule has 0 atom stereocenters. The molecule has 0 amide bonds. The first-order valence-corrected chi connectivity index (χ1v) is 11.7. The van der Waals surface area contributed by atoms with Gasteiger partial charge in [-0.05, 0) is 66.2 Å². The summed E-state index contributed by atoms with van der Waals surface area (Å²) in [6.07, 6.45) is 1.83. The number of methoxy groups -OCH3 is 2. The second-order valence-corrected chi connectivity index (χ2v) is 8.62. The van der Waals surface area contributed by atoms with Gasteiger partial charge in [-0.15, -0.1) is 0 Å². The average molecular weight is 509 g/mol. The predicted molar refractivity (Wildman–Crippen MR) is 143 cm³/mol. The lowest BCUT2D eigenvalue weighted by Crippen LogP contribution is -2.12. The third-order valence-electron chi connectivity index (χ3n) is 5.99. The number of hydrogen-bond donors (Lipinski definition) is 1. The van der Waals surface area contributed by atoms with Crippen LogP contribution in [0, 0.1) is 11.3 Å². The molecule has 0 spiro atoms. The number of pyridine rings is 1. The molecule has 7 nitrogen and oxygen atoms in total. The molecule has 0 fully saturated rings. The van der Waals surface area contributed by atoms with E-state index in [0.29, 0.717) is 39.0 Å². The molecule has 0 bridgehead atoms. The minimum absolute atomic E-state index is 0.0298. The maximum Gasteiger partial charge on any atom is 0.266 e. The quantitative estimate of drug-likeness (QED) is 0.299. The maximum atomic E-state index is 13.1. The van der Waals surface area contributed by atoms with Crippen molar-refractivity contribution >= 4 is 11.6 Å². The molecule has 0 saturated carbocycles. The fourth-order valence-corrected chi connectivity index (χ4v) is 4.28. The fraction of sp³-hybridized carbons (Fsp3) is 0.0690. The highest BCUT2D eigenvalue weighted by molar-refractivity contribution is 6.30. The van der Waals surface area contributed by atoms with Gasteiger partial charge in [-0.1, -0.05) is 29.8 Å². The minimum Gasteiger partial charge on any atom is -0.497 e. The van der Waals surface area contributed by atoms with Crippen molar-refractivity contribution in [1.29, 1.82) is 5.26 Å². The van der Waals surface area contributed by atoms with Crippen molar-refractivity contribution in [3.8, 4) is 56.9 Å². The maximum absolute atomic E-state index is 13.1. The van der Waals surface area contributed by atoms with Crippen LogP contribution < -0.4 is 15.0 Å². The highest BCUT2D eigenvalue weighted by Crippen LogP contribution is 2.34. The van der Waals surface area contributed by atoms with Crippen molar-refractivity contribution in [2.75, 3.05) is 14.2 Å². The lowest BCUT2D eigenvalue weighted by Gasteiger charge is -2.09. The van der Waals surface area contributed by atoms with Gasteiger partial charge in [0, 0.05) is 27.9 Å². The third-order valence-corrected chi connectivity index (χ3v) is 6.22. The van der Waals surface area contributed by atoms with E-state index in [1.165, 1.54) is 0 Å². The predicted octanol–water partition coefficient (Wildman–Crippen LogP) is 6.10. The van der Waals surface area contributed by atoms with Gasteiger partial charge in [0.2, 0.25) is 0 Å². The lowest BCUT2D eigenvalue weighted by molar-refractivity contribution is 0.415. The normalized spacial score (nSPS) is 10.6. The lowest BCUT2D eigenvalue weighted by atomic mass is 9.98. The SMILES string of the molecule is COc1ccc(-c2cc(-c3cn(-c4cccc(Cl)c4)nc3-c3ccc(OC)cc3)[nH]c(=O)c2C#N)cc1. The number of hydrogen-bond acceptors (Lipinski definition) is 5. The number of nitrogens with one attached hydrogen (secondary N) is 1. The molecule has 8 heteroatoms. The molecule has 2 aromatic heterocycles. The van der Waals surface area contributed by atoms with Crippen LogP contribution in [0.5, 0.6) is 11.5 Å². The minimum atomic E-state index is -0.484. The van der Waals surface area contributed by atoms with Crippen molar-refractivity contribution in [2.45, 2.75) is 0 Å². The molecular formula is C29H21ClN4O3. The third kappa shape index (κ3) is 4.70. The smallest absolute Gasteiger partial charge is 0.266 e. The molecule has 0 aliphatic rings. The summed E-state index contributed by atoms with van der Waals surface area (Å²) < 4.78 is 12.3. The second-order valence-electron chi connectivity index (χ2n) is 8.19. The zero-order valence-electron chi connectivity index (χ0n) is 20.0. The van der Waals surface area contributed by atoms with E-state index in [1.54, 1.807) is 49.2 Å². The van der Waals surface area contributed by atoms with Gasteiger partial charge in [0.15, 0.2) is 0 Å². The van der Waals surface area contributed by atoms with E-state index in [1.807, 2.05) is 60.8 Å². The zero-order chi connectivity index (χ0) is 25.9. The van der Waals surface area contributed by atoms with Gasteiger partial charge in [-0.25, -0.2) is 4.68 Å². The van der Waals surface area contributed by atoms with E-state index in [-0.39, 0.29) is 5.56 Å². The van der Waals surface area contributed by atoms with Crippen molar-refractivity contribution < 1.29 is 9.47 Å². The van der Waals surface area contributed by atoms with Crippen molar-refractivity contribution in [3.63, 3.8) is 0 Å². The first kappa shape index (κ1) is 23.9. The van der Waals surface area contributed by atoms with Crippen LogP contribution in [0.15, 0.2) is 89.9 Å². The summed E-state index contributed by atoms with van der Waals surface area (Å²) in [5.74, 6) is 1.39. The summed E-state index contributed by atoms with van der Waals surface area (Å²) >= 11 is 6.23. The Kier molecular flexibility index (Phi) is 6.50. The molecule has 182 valence electrons. The van der Waals surface area contributed by atoms with Crippen molar-refractivity contribution in [2.24, 2.45) is 0 Å². The molecular weight excluding hydrogens is 488 g/mol. The number of rotatable bonds is 6. The fourth-order valence-electron chi connectivity index (χ4n) is 4.10. The van der Waals surface area contributed by atoms with Gasteiger partial charge in [0.1, 0.15) is 28.8 Å². The number of benzene rings is 3. The highest BCUT2D eigenvalue weighted by Gasteiger charge is 2.19. The average Bonchev–Trinajstić information content (AvgIpc) is 3.38. The van der Waals surface area contributed by atoms with E-state index >= 15 is 0 Å². The summed E-state index contributed by atoms with van der Waals surface area (Å²) in [6, 6.07) is 25.9. The van der Waals surface area contributed by atoms with Gasteiger partial charge >= 0.3 is 0 Å². The molecule has 0 unspecified atom stereocenters. The van der Waals surface area contributed by atoms with Crippen molar-refractivity contribution in [3.05, 3.63) is 106 Å². The number of nitrogens with zero attached hydrogens (tertiary/aromatic N) is 3. The largest absolute Gasteiger partial charge is 0.497 e. The van der Waals surface area contributed by atoms with Crippen molar-refractivity contribution in [1.82, 2.24) is 14.8 Å².